The van der Waals surface area contributed by atoms with E-state index in [9.17, 15) is 9.18 Å². The van der Waals surface area contributed by atoms with Gasteiger partial charge in [-0.3, -0.25) is 9.78 Å². The third-order valence-corrected chi connectivity index (χ3v) is 2.79. The van der Waals surface area contributed by atoms with E-state index in [-0.39, 0.29) is 17.4 Å². The second-order valence-electron chi connectivity index (χ2n) is 4.29. The van der Waals surface area contributed by atoms with Gasteiger partial charge in [0.05, 0.1) is 12.8 Å². The number of benzene rings is 1. The largest absolute Gasteiger partial charge is 0.491 e. The van der Waals surface area contributed by atoms with E-state index in [4.69, 9.17) is 4.74 Å². The van der Waals surface area contributed by atoms with Crippen molar-refractivity contribution >= 4 is 5.91 Å². The van der Waals surface area contributed by atoms with Gasteiger partial charge in [0.15, 0.2) is 11.6 Å². The number of carbonyl (C=O) groups excluding carboxylic acids is 1. The summed E-state index contributed by atoms with van der Waals surface area (Å²) in [5, 5.41) is 2.71. The summed E-state index contributed by atoms with van der Waals surface area (Å²) in [6.45, 7) is 2.61. The predicted molar refractivity (Wildman–Crippen MR) is 75.6 cm³/mol. The molecule has 2 rings (SSSR count). The zero-order chi connectivity index (χ0) is 15.1. The van der Waals surface area contributed by atoms with Crippen LogP contribution in [0.5, 0.6) is 5.75 Å². The van der Waals surface area contributed by atoms with Gasteiger partial charge in [0.25, 0.3) is 5.91 Å². The molecule has 1 heterocycles. The van der Waals surface area contributed by atoms with Gasteiger partial charge in [-0.25, -0.2) is 9.37 Å². The lowest BCUT2D eigenvalue weighted by molar-refractivity contribution is 0.0948. The van der Waals surface area contributed by atoms with Gasteiger partial charge in [0, 0.05) is 18.9 Å². The Hall–Kier alpha value is -2.50. The van der Waals surface area contributed by atoms with E-state index in [1.54, 1.807) is 19.1 Å². The lowest BCUT2D eigenvalue weighted by atomic mass is 10.1. The van der Waals surface area contributed by atoms with Crippen LogP contribution in [0.4, 0.5) is 4.39 Å². The van der Waals surface area contributed by atoms with Crippen LogP contribution in [-0.2, 0) is 6.42 Å². The van der Waals surface area contributed by atoms with Crippen LogP contribution in [0.1, 0.15) is 23.0 Å². The SMILES string of the molecule is CCOc1ccc(CCNC(=O)c2cnccn2)cc1F. The lowest BCUT2D eigenvalue weighted by Gasteiger charge is -2.07. The van der Waals surface area contributed by atoms with Gasteiger partial charge in [-0.1, -0.05) is 6.07 Å². The number of halogens is 1. The number of hydrogen-bond donors (Lipinski definition) is 1. The van der Waals surface area contributed by atoms with E-state index in [0.717, 1.165) is 5.56 Å². The smallest absolute Gasteiger partial charge is 0.271 e. The van der Waals surface area contributed by atoms with E-state index < -0.39 is 5.82 Å². The first-order chi connectivity index (χ1) is 10.2. The molecule has 21 heavy (non-hydrogen) atoms. The number of nitrogens with zero attached hydrogens (tertiary/aromatic N) is 2. The topological polar surface area (TPSA) is 64.1 Å². The molecule has 110 valence electrons. The van der Waals surface area contributed by atoms with Crippen molar-refractivity contribution in [1.82, 2.24) is 15.3 Å². The Kier molecular flexibility index (Phi) is 5.20. The number of ether oxygens (including phenoxy) is 1. The van der Waals surface area contributed by atoms with Crippen LogP contribution in [0.25, 0.3) is 0 Å². The van der Waals surface area contributed by atoms with Gasteiger partial charge < -0.3 is 10.1 Å². The van der Waals surface area contributed by atoms with Crippen molar-refractivity contribution in [2.75, 3.05) is 13.2 Å². The van der Waals surface area contributed by atoms with Crippen molar-refractivity contribution in [1.29, 1.82) is 0 Å². The fourth-order valence-corrected chi connectivity index (χ4v) is 1.80. The number of amides is 1. The quantitative estimate of drug-likeness (QED) is 0.883. The van der Waals surface area contributed by atoms with Crippen molar-refractivity contribution in [3.8, 4) is 5.75 Å². The summed E-state index contributed by atoms with van der Waals surface area (Å²) in [6, 6.07) is 4.79. The Labute approximate surface area is 122 Å². The second kappa shape index (κ2) is 7.33. The number of nitrogens with one attached hydrogen (secondary N) is 1. The maximum Gasteiger partial charge on any atom is 0.271 e. The average Bonchev–Trinajstić information content (AvgIpc) is 2.51. The molecular formula is C15H16FN3O2. The molecule has 0 saturated heterocycles. The Bertz CT molecular complexity index is 605. The third kappa shape index (κ3) is 4.24. The van der Waals surface area contributed by atoms with Crippen molar-refractivity contribution < 1.29 is 13.9 Å². The van der Waals surface area contributed by atoms with E-state index in [0.29, 0.717) is 19.6 Å². The van der Waals surface area contributed by atoms with Crippen LogP contribution in [-0.4, -0.2) is 29.0 Å². The minimum Gasteiger partial charge on any atom is -0.491 e. The standard InChI is InChI=1S/C15H16FN3O2/c1-2-21-14-4-3-11(9-12(14)16)5-6-19-15(20)13-10-17-7-8-18-13/h3-4,7-10H,2,5-6H2,1H3,(H,19,20). The first-order valence-corrected chi connectivity index (χ1v) is 6.66. The van der Waals surface area contributed by atoms with Crippen LogP contribution in [0.3, 0.4) is 0 Å². The molecule has 1 amide bonds. The van der Waals surface area contributed by atoms with Gasteiger partial charge in [0.2, 0.25) is 0 Å². The Morgan fingerprint density at radius 2 is 2.24 bits per heavy atom. The highest BCUT2D eigenvalue weighted by Gasteiger charge is 2.07. The van der Waals surface area contributed by atoms with Gasteiger partial charge in [-0.2, -0.15) is 0 Å². The lowest BCUT2D eigenvalue weighted by Crippen LogP contribution is -2.26. The van der Waals surface area contributed by atoms with Gasteiger partial charge >= 0.3 is 0 Å². The van der Waals surface area contributed by atoms with Gasteiger partial charge in [0.1, 0.15) is 5.69 Å². The molecule has 0 unspecified atom stereocenters. The predicted octanol–water partition coefficient (Wildman–Crippen LogP) is 1.99. The van der Waals surface area contributed by atoms with E-state index in [1.807, 2.05) is 0 Å². The molecule has 0 radical (unpaired) electrons. The summed E-state index contributed by atoms with van der Waals surface area (Å²) in [5.74, 6) is -0.450. The van der Waals surface area contributed by atoms with Crippen LogP contribution in [0.15, 0.2) is 36.8 Å². The average molecular weight is 289 g/mol. The highest BCUT2D eigenvalue weighted by atomic mass is 19.1. The summed E-state index contributed by atoms with van der Waals surface area (Å²) < 4.78 is 18.8. The fourth-order valence-electron chi connectivity index (χ4n) is 1.80. The molecule has 0 aliphatic heterocycles. The number of aromatic nitrogens is 2. The van der Waals surface area contributed by atoms with E-state index in [2.05, 4.69) is 15.3 Å². The van der Waals surface area contributed by atoms with Crippen molar-refractivity contribution in [2.24, 2.45) is 0 Å². The molecule has 0 saturated carbocycles. The molecule has 0 fully saturated rings. The zero-order valence-electron chi connectivity index (χ0n) is 11.7. The molecule has 1 N–H and O–H groups in total. The maximum absolute atomic E-state index is 13.7. The van der Waals surface area contributed by atoms with Crippen molar-refractivity contribution in [3.63, 3.8) is 0 Å². The Balaban J connectivity index is 1.86. The maximum atomic E-state index is 13.7. The van der Waals surface area contributed by atoms with Crippen molar-refractivity contribution in [2.45, 2.75) is 13.3 Å². The molecule has 2 aromatic rings. The minimum absolute atomic E-state index is 0.241. The molecule has 0 aliphatic rings. The monoisotopic (exact) mass is 289 g/mol. The molecular weight excluding hydrogens is 273 g/mol. The van der Waals surface area contributed by atoms with Crippen LogP contribution < -0.4 is 10.1 Å². The molecule has 0 spiro atoms. The highest BCUT2D eigenvalue weighted by Crippen LogP contribution is 2.18. The number of carbonyl (C=O) groups is 1. The fraction of sp³-hybridized carbons (Fsp3) is 0.267. The molecule has 5 nitrogen and oxygen atoms in total. The van der Waals surface area contributed by atoms with E-state index in [1.165, 1.54) is 24.7 Å². The second-order valence-corrected chi connectivity index (χ2v) is 4.29. The minimum atomic E-state index is -0.394. The molecule has 0 bridgehead atoms. The molecule has 1 aromatic heterocycles. The third-order valence-electron chi connectivity index (χ3n) is 2.79. The Morgan fingerprint density at radius 1 is 1.38 bits per heavy atom. The Morgan fingerprint density at radius 3 is 2.90 bits per heavy atom. The van der Waals surface area contributed by atoms with Crippen molar-refractivity contribution in [3.05, 3.63) is 53.9 Å². The van der Waals surface area contributed by atoms with Crippen LogP contribution in [0.2, 0.25) is 0 Å². The first-order valence-electron chi connectivity index (χ1n) is 6.66. The summed E-state index contributed by atoms with van der Waals surface area (Å²) >= 11 is 0. The summed E-state index contributed by atoms with van der Waals surface area (Å²) in [7, 11) is 0. The van der Waals surface area contributed by atoms with E-state index >= 15 is 0 Å². The summed E-state index contributed by atoms with van der Waals surface area (Å²) in [6.07, 6.45) is 4.87. The molecule has 0 atom stereocenters. The normalized spacial score (nSPS) is 10.2. The molecule has 0 aliphatic carbocycles. The zero-order valence-corrected chi connectivity index (χ0v) is 11.7. The summed E-state index contributed by atoms with van der Waals surface area (Å²) in [4.78, 5) is 19.5. The first kappa shape index (κ1) is 14.9. The van der Waals surface area contributed by atoms with Gasteiger partial charge in [-0.15, -0.1) is 0 Å². The van der Waals surface area contributed by atoms with Crippen LogP contribution >= 0.6 is 0 Å². The molecule has 6 heteroatoms. The van der Waals surface area contributed by atoms with Crippen LogP contribution in [0, 0.1) is 5.82 Å². The highest BCUT2D eigenvalue weighted by molar-refractivity contribution is 5.91. The number of rotatable bonds is 6. The number of hydrogen-bond acceptors (Lipinski definition) is 4. The summed E-state index contributed by atoms with van der Waals surface area (Å²) in [5.41, 5.74) is 1.05. The molecule has 1 aromatic carbocycles. The van der Waals surface area contributed by atoms with Gasteiger partial charge in [-0.05, 0) is 31.0 Å².